The van der Waals surface area contributed by atoms with Crippen molar-refractivity contribution in [3.8, 4) is 16.5 Å². The maximum absolute atomic E-state index is 13.5. The molecule has 0 aliphatic rings. The molecule has 1 aromatic carbocycles. The van der Waals surface area contributed by atoms with Gasteiger partial charge in [0.2, 0.25) is 5.88 Å². The van der Waals surface area contributed by atoms with E-state index in [9.17, 15) is 13.6 Å². The van der Waals surface area contributed by atoms with Crippen LogP contribution in [0.25, 0.3) is 10.6 Å². The number of hydrogen-bond acceptors (Lipinski definition) is 5. The zero-order chi connectivity index (χ0) is 17.6. The molecular weight excluding hydrogens is 348 g/mol. The number of aromatic nitrogens is 2. The molecule has 0 saturated carbocycles. The normalized spacial score (nSPS) is 10.5. The van der Waals surface area contributed by atoms with Crippen LogP contribution in [0.4, 0.5) is 8.78 Å². The molecule has 5 nitrogen and oxygen atoms in total. The number of amides is 1. The van der Waals surface area contributed by atoms with Gasteiger partial charge in [-0.3, -0.25) is 4.79 Å². The Bertz CT molecular complexity index is 835. The third-order valence-corrected chi connectivity index (χ3v) is 4.13. The van der Waals surface area contributed by atoms with Crippen LogP contribution in [-0.4, -0.2) is 29.3 Å². The second kappa shape index (κ2) is 7.80. The quantitative estimate of drug-likeness (QED) is 0.685. The number of benzene rings is 1. The Morgan fingerprint density at radius 3 is 2.52 bits per heavy atom. The lowest BCUT2D eigenvalue weighted by Crippen LogP contribution is -2.29. The topological polar surface area (TPSA) is 64.1 Å². The maximum Gasteiger partial charge on any atom is 0.257 e. The zero-order valence-electron chi connectivity index (χ0n) is 12.9. The molecule has 1 N–H and O–H groups in total. The highest BCUT2D eigenvalue weighted by Gasteiger charge is 2.16. The van der Waals surface area contributed by atoms with Crippen molar-refractivity contribution < 1.29 is 18.3 Å². The Morgan fingerprint density at radius 2 is 1.88 bits per heavy atom. The minimum atomic E-state index is -0.909. The SMILES string of the molecule is O=C(NCCOc1ccc(-c2cccs2)nn1)c1c(F)cccc1F. The second-order valence-electron chi connectivity index (χ2n) is 4.94. The Hall–Kier alpha value is -2.87. The van der Waals surface area contributed by atoms with Gasteiger partial charge in [0, 0.05) is 6.07 Å². The van der Waals surface area contributed by atoms with E-state index < -0.39 is 23.1 Å². The first-order chi connectivity index (χ1) is 12.1. The molecule has 25 heavy (non-hydrogen) atoms. The van der Waals surface area contributed by atoms with E-state index >= 15 is 0 Å². The predicted octanol–water partition coefficient (Wildman–Crippen LogP) is 3.29. The number of hydrogen-bond donors (Lipinski definition) is 1. The molecule has 0 aliphatic carbocycles. The summed E-state index contributed by atoms with van der Waals surface area (Å²) in [4.78, 5) is 12.8. The van der Waals surface area contributed by atoms with E-state index in [1.54, 1.807) is 23.5 Å². The van der Waals surface area contributed by atoms with Crippen LogP contribution in [0.2, 0.25) is 0 Å². The predicted molar refractivity (Wildman–Crippen MR) is 89.5 cm³/mol. The number of nitrogens with zero attached hydrogens (tertiary/aromatic N) is 2. The first-order valence-corrected chi connectivity index (χ1v) is 8.26. The minimum absolute atomic E-state index is 0.0704. The average molecular weight is 361 g/mol. The van der Waals surface area contributed by atoms with Gasteiger partial charge in [0.1, 0.15) is 29.5 Å². The molecule has 128 valence electrons. The first kappa shape index (κ1) is 17.0. The molecule has 0 atom stereocenters. The van der Waals surface area contributed by atoms with Crippen molar-refractivity contribution in [2.24, 2.45) is 0 Å². The van der Waals surface area contributed by atoms with Gasteiger partial charge in [0.15, 0.2) is 0 Å². The molecule has 0 radical (unpaired) electrons. The summed E-state index contributed by atoms with van der Waals surface area (Å²) in [5.41, 5.74) is 0.133. The number of carbonyl (C=O) groups excluding carboxylic acids is 1. The molecule has 0 unspecified atom stereocenters. The lowest BCUT2D eigenvalue weighted by atomic mass is 10.2. The van der Waals surface area contributed by atoms with Gasteiger partial charge in [-0.2, -0.15) is 0 Å². The van der Waals surface area contributed by atoms with Gasteiger partial charge in [-0.15, -0.1) is 21.5 Å². The van der Waals surface area contributed by atoms with Gasteiger partial charge in [-0.05, 0) is 29.6 Å². The molecule has 1 amide bonds. The second-order valence-corrected chi connectivity index (χ2v) is 5.88. The molecule has 3 aromatic rings. The molecule has 0 saturated heterocycles. The van der Waals surface area contributed by atoms with Crippen LogP contribution in [0, 0.1) is 11.6 Å². The summed E-state index contributed by atoms with van der Waals surface area (Å²) >= 11 is 1.55. The van der Waals surface area contributed by atoms with E-state index in [4.69, 9.17) is 4.74 Å². The fraction of sp³-hybridized carbons (Fsp3) is 0.118. The third-order valence-electron chi connectivity index (χ3n) is 3.24. The molecule has 0 fully saturated rings. The lowest BCUT2D eigenvalue weighted by Gasteiger charge is -2.08. The zero-order valence-corrected chi connectivity index (χ0v) is 13.7. The summed E-state index contributed by atoms with van der Waals surface area (Å²) in [6, 6.07) is 10.6. The van der Waals surface area contributed by atoms with Gasteiger partial charge < -0.3 is 10.1 Å². The van der Waals surface area contributed by atoms with E-state index in [2.05, 4.69) is 15.5 Å². The number of halogens is 2. The Kier molecular flexibility index (Phi) is 5.30. The molecule has 0 aliphatic heterocycles. The Morgan fingerprint density at radius 1 is 1.08 bits per heavy atom. The van der Waals surface area contributed by atoms with Crippen LogP contribution in [0.1, 0.15) is 10.4 Å². The van der Waals surface area contributed by atoms with Crippen LogP contribution >= 0.6 is 11.3 Å². The largest absolute Gasteiger partial charge is 0.475 e. The van der Waals surface area contributed by atoms with Crippen molar-refractivity contribution in [1.29, 1.82) is 0 Å². The summed E-state index contributed by atoms with van der Waals surface area (Å²) < 4.78 is 32.3. The maximum atomic E-state index is 13.5. The van der Waals surface area contributed by atoms with Crippen molar-refractivity contribution in [2.45, 2.75) is 0 Å². The van der Waals surface area contributed by atoms with Crippen LogP contribution < -0.4 is 10.1 Å². The highest BCUT2D eigenvalue weighted by Crippen LogP contribution is 2.22. The van der Waals surface area contributed by atoms with Gasteiger partial charge in [0.05, 0.1) is 11.4 Å². The molecule has 0 bridgehead atoms. The highest BCUT2D eigenvalue weighted by atomic mass is 32.1. The smallest absolute Gasteiger partial charge is 0.257 e. The van der Waals surface area contributed by atoms with Gasteiger partial charge >= 0.3 is 0 Å². The van der Waals surface area contributed by atoms with Gasteiger partial charge in [0.25, 0.3) is 5.91 Å². The molecule has 2 aromatic heterocycles. The summed E-state index contributed by atoms with van der Waals surface area (Å²) in [5, 5.41) is 12.3. The summed E-state index contributed by atoms with van der Waals surface area (Å²) in [7, 11) is 0. The monoisotopic (exact) mass is 361 g/mol. The summed E-state index contributed by atoms with van der Waals surface area (Å²) in [6.07, 6.45) is 0. The van der Waals surface area contributed by atoms with E-state index in [0.29, 0.717) is 5.88 Å². The van der Waals surface area contributed by atoms with Crippen molar-refractivity contribution >= 4 is 17.2 Å². The average Bonchev–Trinajstić information content (AvgIpc) is 3.14. The number of thiophene rings is 1. The fourth-order valence-electron chi connectivity index (χ4n) is 2.08. The van der Waals surface area contributed by atoms with Crippen molar-refractivity contribution in [3.05, 3.63) is 65.0 Å². The number of carbonyl (C=O) groups is 1. The van der Waals surface area contributed by atoms with Crippen LogP contribution in [0.3, 0.4) is 0 Å². The van der Waals surface area contributed by atoms with Crippen molar-refractivity contribution in [1.82, 2.24) is 15.5 Å². The first-order valence-electron chi connectivity index (χ1n) is 7.38. The molecule has 0 spiro atoms. The number of nitrogens with one attached hydrogen (secondary N) is 1. The highest BCUT2D eigenvalue weighted by molar-refractivity contribution is 7.13. The summed E-state index contributed by atoms with van der Waals surface area (Å²) in [5.74, 6) is -2.35. The van der Waals surface area contributed by atoms with Gasteiger partial charge in [-0.25, -0.2) is 8.78 Å². The molecule has 2 heterocycles. The minimum Gasteiger partial charge on any atom is -0.475 e. The lowest BCUT2D eigenvalue weighted by molar-refractivity contribution is 0.0938. The van der Waals surface area contributed by atoms with E-state index in [1.165, 1.54) is 6.07 Å². The summed E-state index contributed by atoms with van der Waals surface area (Å²) in [6.45, 7) is 0.163. The van der Waals surface area contributed by atoms with E-state index in [1.807, 2.05) is 17.5 Å². The molecule has 3 rings (SSSR count). The molecular formula is C17H13F2N3O2S. The number of rotatable bonds is 6. The standard InChI is InChI=1S/C17H13F2N3O2S/c18-11-3-1-4-12(19)16(11)17(23)20-8-9-24-15-7-6-13(21-22-15)14-5-2-10-25-14/h1-7,10H,8-9H2,(H,20,23). The Balaban J connectivity index is 1.49. The fourth-order valence-corrected chi connectivity index (χ4v) is 2.77. The third kappa shape index (κ3) is 4.16. The van der Waals surface area contributed by atoms with E-state index in [-0.39, 0.29) is 13.2 Å². The van der Waals surface area contributed by atoms with Crippen LogP contribution in [0.15, 0.2) is 47.8 Å². The number of ether oxygens (including phenoxy) is 1. The van der Waals surface area contributed by atoms with Gasteiger partial charge in [-0.1, -0.05) is 12.1 Å². The van der Waals surface area contributed by atoms with Crippen molar-refractivity contribution in [2.75, 3.05) is 13.2 Å². The van der Waals surface area contributed by atoms with Crippen LogP contribution in [0.5, 0.6) is 5.88 Å². The van der Waals surface area contributed by atoms with Crippen LogP contribution in [-0.2, 0) is 0 Å². The Labute approximate surface area is 146 Å². The molecule has 8 heteroatoms. The van der Waals surface area contributed by atoms with Crippen molar-refractivity contribution in [3.63, 3.8) is 0 Å². The van der Waals surface area contributed by atoms with E-state index in [0.717, 1.165) is 22.7 Å².